The maximum Gasteiger partial charge on any atom is 0.114 e. The summed E-state index contributed by atoms with van der Waals surface area (Å²) in [7, 11) is 1.79. The first-order chi connectivity index (χ1) is 10.3. The molecule has 1 heterocycles. The molecule has 1 N–H and O–H groups in total. The van der Waals surface area contributed by atoms with Crippen molar-refractivity contribution >= 4 is 11.3 Å². The Hall–Kier alpha value is -0.450. The molecule has 0 amide bonds. The molecule has 2 bridgehead atoms. The number of aromatic nitrogens is 1. The maximum atomic E-state index is 5.26. The van der Waals surface area contributed by atoms with Crippen LogP contribution in [0.25, 0.3) is 0 Å². The van der Waals surface area contributed by atoms with Crippen LogP contribution in [0.1, 0.15) is 54.1 Å². The molecule has 1 aromatic rings. The van der Waals surface area contributed by atoms with Gasteiger partial charge in [0, 0.05) is 18.5 Å². The van der Waals surface area contributed by atoms with Crippen LogP contribution >= 0.6 is 11.3 Å². The molecule has 0 aliphatic heterocycles. The lowest BCUT2D eigenvalue weighted by Gasteiger charge is -2.37. The van der Waals surface area contributed by atoms with Gasteiger partial charge in [0.1, 0.15) is 5.01 Å². The Labute approximate surface area is 131 Å². The fourth-order valence-corrected chi connectivity index (χ4v) is 6.21. The predicted octanol–water partition coefficient (Wildman–Crippen LogP) is 3.27. The minimum Gasteiger partial charge on any atom is -0.383 e. The van der Waals surface area contributed by atoms with Gasteiger partial charge in [-0.15, -0.1) is 11.3 Å². The number of methoxy groups -OCH3 is 1. The molecule has 3 aliphatic rings. The van der Waals surface area contributed by atoms with Gasteiger partial charge >= 0.3 is 0 Å². The Balaban J connectivity index is 1.64. The van der Waals surface area contributed by atoms with Gasteiger partial charge in [0.2, 0.25) is 0 Å². The lowest BCUT2D eigenvalue weighted by molar-refractivity contribution is 0.157. The van der Waals surface area contributed by atoms with E-state index in [9.17, 15) is 0 Å². The predicted molar refractivity (Wildman–Crippen MR) is 85.8 cm³/mol. The fraction of sp³-hybridized carbons (Fsp3) is 0.824. The summed E-state index contributed by atoms with van der Waals surface area (Å²) in [5.74, 6) is 1.72. The second-order valence-electron chi connectivity index (χ2n) is 7.07. The van der Waals surface area contributed by atoms with Crippen molar-refractivity contribution in [1.29, 1.82) is 0 Å². The van der Waals surface area contributed by atoms with Gasteiger partial charge in [-0.05, 0) is 56.8 Å². The fourth-order valence-electron chi connectivity index (χ4n) is 4.80. The van der Waals surface area contributed by atoms with Crippen molar-refractivity contribution < 1.29 is 4.74 Å². The van der Waals surface area contributed by atoms with Crippen LogP contribution in [0.5, 0.6) is 0 Å². The molecule has 0 spiro atoms. The van der Waals surface area contributed by atoms with E-state index in [4.69, 9.17) is 9.72 Å². The minimum absolute atomic E-state index is 0.170. The van der Waals surface area contributed by atoms with Gasteiger partial charge < -0.3 is 10.1 Å². The zero-order valence-electron chi connectivity index (χ0n) is 13.0. The quantitative estimate of drug-likeness (QED) is 0.848. The summed E-state index contributed by atoms with van der Waals surface area (Å²) in [5.41, 5.74) is 1.58. The molecule has 2 saturated carbocycles. The number of thiazole rings is 1. The van der Waals surface area contributed by atoms with Crippen molar-refractivity contribution in [2.75, 3.05) is 20.3 Å². The van der Waals surface area contributed by atoms with Crippen molar-refractivity contribution in [2.45, 2.75) is 56.9 Å². The summed E-state index contributed by atoms with van der Waals surface area (Å²) in [6, 6.07) is 0. The molecular weight excluding hydrogens is 280 g/mol. The molecule has 3 nitrogen and oxygen atoms in total. The Bertz CT molecular complexity index is 491. The molecule has 21 heavy (non-hydrogen) atoms. The van der Waals surface area contributed by atoms with E-state index in [1.807, 2.05) is 11.3 Å². The van der Waals surface area contributed by atoms with E-state index in [-0.39, 0.29) is 5.54 Å². The van der Waals surface area contributed by atoms with Crippen LogP contribution in [-0.4, -0.2) is 25.2 Å². The second-order valence-corrected chi connectivity index (χ2v) is 8.15. The molecule has 3 aliphatic carbocycles. The van der Waals surface area contributed by atoms with Gasteiger partial charge in [0.25, 0.3) is 0 Å². The van der Waals surface area contributed by atoms with Crippen molar-refractivity contribution in [3.63, 3.8) is 0 Å². The van der Waals surface area contributed by atoms with Crippen LogP contribution in [-0.2, 0) is 23.1 Å². The van der Waals surface area contributed by atoms with Gasteiger partial charge in [-0.1, -0.05) is 6.42 Å². The highest BCUT2D eigenvalue weighted by molar-refractivity contribution is 7.11. The van der Waals surface area contributed by atoms with Crippen molar-refractivity contribution in [3.8, 4) is 0 Å². The standard InChI is InChI=1S/C17H26N2OS/c1-20-9-8-18-17(11-12-6-7-13(17)10-12)16-19-14-4-2-3-5-15(14)21-16/h12-13,18H,2-11H2,1H3. The summed E-state index contributed by atoms with van der Waals surface area (Å²) in [5, 5.41) is 5.28. The van der Waals surface area contributed by atoms with Crippen molar-refractivity contribution in [3.05, 3.63) is 15.6 Å². The normalized spacial score (nSPS) is 34.3. The highest BCUT2D eigenvalue weighted by Gasteiger charge is 2.53. The second kappa shape index (κ2) is 5.64. The zero-order valence-corrected chi connectivity index (χ0v) is 13.8. The third-order valence-corrected chi connectivity index (χ3v) is 7.16. The molecule has 2 fully saturated rings. The van der Waals surface area contributed by atoms with Crippen molar-refractivity contribution in [2.24, 2.45) is 11.8 Å². The smallest absolute Gasteiger partial charge is 0.114 e. The molecule has 4 heteroatoms. The van der Waals surface area contributed by atoms with E-state index in [0.29, 0.717) is 0 Å². The monoisotopic (exact) mass is 306 g/mol. The van der Waals surface area contributed by atoms with Crippen molar-refractivity contribution in [1.82, 2.24) is 10.3 Å². The molecule has 3 atom stereocenters. The van der Waals surface area contributed by atoms with E-state index >= 15 is 0 Å². The Kier molecular flexibility index (Phi) is 3.80. The summed E-state index contributed by atoms with van der Waals surface area (Å²) >= 11 is 2.01. The van der Waals surface area contributed by atoms with Gasteiger partial charge in [-0.2, -0.15) is 0 Å². The minimum atomic E-state index is 0.170. The summed E-state index contributed by atoms with van der Waals surface area (Å²) in [6.45, 7) is 1.74. The van der Waals surface area contributed by atoms with Crippen LogP contribution in [0.15, 0.2) is 0 Å². The van der Waals surface area contributed by atoms with E-state index in [0.717, 1.165) is 25.0 Å². The number of aryl methyl sites for hydroxylation is 2. The third kappa shape index (κ3) is 2.36. The first-order valence-corrected chi connectivity index (χ1v) is 9.36. The largest absolute Gasteiger partial charge is 0.383 e. The van der Waals surface area contributed by atoms with E-state index in [1.165, 1.54) is 62.1 Å². The molecule has 0 radical (unpaired) electrons. The number of hydrogen-bond acceptors (Lipinski definition) is 4. The molecule has 0 aromatic carbocycles. The number of nitrogens with one attached hydrogen (secondary N) is 1. The SMILES string of the molecule is COCCNC1(c2nc3c(s2)CCCC3)CC2CCC1C2. The third-order valence-electron chi connectivity index (χ3n) is 5.82. The number of nitrogens with zero attached hydrogens (tertiary/aromatic N) is 1. The first kappa shape index (κ1) is 14.2. The average Bonchev–Trinajstić information content (AvgIpc) is 3.21. The highest BCUT2D eigenvalue weighted by Crippen LogP contribution is 2.56. The van der Waals surface area contributed by atoms with Gasteiger partial charge in [0.05, 0.1) is 17.8 Å². The van der Waals surface area contributed by atoms with E-state index in [2.05, 4.69) is 5.32 Å². The van der Waals surface area contributed by atoms with Crippen LogP contribution in [0.3, 0.4) is 0 Å². The van der Waals surface area contributed by atoms with Crippen LogP contribution < -0.4 is 5.32 Å². The number of ether oxygens (including phenoxy) is 1. The van der Waals surface area contributed by atoms with Gasteiger partial charge in [-0.25, -0.2) is 4.98 Å². The lowest BCUT2D eigenvalue weighted by Crippen LogP contribution is -2.47. The van der Waals surface area contributed by atoms with E-state index in [1.54, 1.807) is 12.0 Å². The molecule has 3 unspecified atom stereocenters. The first-order valence-electron chi connectivity index (χ1n) is 8.55. The highest BCUT2D eigenvalue weighted by atomic mass is 32.1. The number of fused-ring (bicyclic) bond motifs is 3. The molecule has 4 rings (SSSR count). The van der Waals surface area contributed by atoms with Crippen LogP contribution in [0.2, 0.25) is 0 Å². The number of rotatable bonds is 5. The summed E-state index contributed by atoms with van der Waals surface area (Å²) < 4.78 is 5.26. The Morgan fingerprint density at radius 3 is 2.95 bits per heavy atom. The maximum absolute atomic E-state index is 5.26. The average molecular weight is 306 g/mol. The molecule has 1 aromatic heterocycles. The van der Waals surface area contributed by atoms with Crippen LogP contribution in [0.4, 0.5) is 0 Å². The van der Waals surface area contributed by atoms with Crippen LogP contribution in [0, 0.1) is 11.8 Å². The molecule has 0 saturated heterocycles. The van der Waals surface area contributed by atoms with Gasteiger partial charge in [0.15, 0.2) is 0 Å². The Morgan fingerprint density at radius 1 is 1.33 bits per heavy atom. The lowest BCUT2D eigenvalue weighted by atomic mass is 9.81. The molecule has 116 valence electrons. The summed E-state index contributed by atoms with van der Waals surface area (Å²) in [4.78, 5) is 6.69. The Morgan fingerprint density at radius 2 is 2.24 bits per heavy atom. The number of hydrogen-bond donors (Lipinski definition) is 1. The topological polar surface area (TPSA) is 34.1 Å². The molecular formula is C17H26N2OS. The van der Waals surface area contributed by atoms with Gasteiger partial charge in [-0.3, -0.25) is 0 Å². The van der Waals surface area contributed by atoms with E-state index < -0.39 is 0 Å². The summed E-state index contributed by atoms with van der Waals surface area (Å²) in [6.07, 6.45) is 10.7. The zero-order chi connectivity index (χ0) is 14.3.